The first-order chi connectivity index (χ1) is 10.8. The number of ketones is 1. The summed E-state index contributed by atoms with van der Waals surface area (Å²) in [7, 11) is 0. The van der Waals surface area contributed by atoms with Crippen LogP contribution in [0.25, 0.3) is 6.08 Å². The molecule has 0 aromatic carbocycles. The average Bonchev–Trinajstić information content (AvgIpc) is 3.03. The van der Waals surface area contributed by atoms with Gasteiger partial charge in [0.1, 0.15) is 6.04 Å². The Morgan fingerprint density at radius 2 is 2.18 bits per heavy atom. The lowest BCUT2D eigenvalue weighted by atomic mass is 10.1. The first-order valence-corrected chi connectivity index (χ1v) is 8.41. The van der Waals surface area contributed by atoms with Crippen molar-refractivity contribution in [3.63, 3.8) is 0 Å². The molecule has 1 aromatic heterocycles. The number of carbonyl (C=O) groups excluding carboxylic acids is 2. The van der Waals surface area contributed by atoms with E-state index in [1.807, 2.05) is 12.1 Å². The minimum Gasteiger partial charge on any atom is -0.341 e. The number of aldehydes is 1. The van der Waals surface area contributed by atoms with Crippen LogP contribution in [0, 0.1) is 0 Å². The number of nitrogens with one attached hydrogen (secondary N) is 1. The molecule has 2 fully saturated rings. The Morgan fingerprint density at radius 3 is 2.95 bits per heavy atom. The molecule has 0 radical (unpaired) electrons. The van der Waals surface area contributed by atoms with E-state index >= 15 is 0 Å². The van der Waals surface area contributed by atoms with E-state index in [-0.39, 0.29) is 0 Å². The maximum Gasteiger partial charge on any atom is 0.225 e. The van der Waals surface area contributed by atoms with Gasteiger partial charge < -0.3 is 4.90 Å². The first kappa shape index (κ1) is 15.2. The number of anilines is 1. The van der Waals surface area contributed by atoms with Gasteiger partial charge in [-0.1, -0.05) is 0 Å². The number of hydrogen-bond donors (Lipinski definition) is 1. The Labute approximate surface area is 133 Å². The molecular weight excluding hydrogens is 300 g/mol. The molecule has 0 spiro atoms. The van der Waals surface area contributed by atoms with E-state index < -0.39 is 11.8 Å². The summed E-state index contributed by atoms with van der Waals surface area (Å²) in [6, 6.07) is 1.29. The van der Waals surface area contributed by atoms with Gasteiger partial charge in [0, 0.05) is 30.1 Å². The number of rotatable bonds is 4. The number of nitrogens with zero attached hydrogens (tertiary/aromatic N) is 3. The Balaban J connectivity index is 1.81. The molecule has 1 N–H and O–H groups in total. The Bertz CT molecular complexity index is 599. The van der Waals surface area contributed by atoms with Gasteiger partial charge in [-0.2, -0.15) is 0 Å². The second-order valence-corrected chi connectivity index (χ2v) is 6.37. The van der Waals surface area contributed by atoms with Gasteiger partial charge in [0.05, 0.1) is 5.69 Å². The maximum absolute atomic E-state index is 11.6. The average molecular weight is 318 g/mol. The predicted molar refractivity (Wildman–Crippen MR) is 86.5 cm³/mol. The zero-order valence-electron chi connectivity index (χ0n) is 12.2. The van der Waals surface area contributed by atoms with Crippen LogP contribution in [0.3, 0.4) is 0 Å². The molecule has 2 aliphatic heterocycles. The van der Waals surface area contributed by atoms with Gasteiger partial charge in [-0.15, -0.1) is 11.8 Å². The zero-order chi connectivity index (χ0) is 15.4. The van der Waals surface area contributed by atoms with Crippen molar-refractivity contribution in [2.24, 2.45) is 0 Å². The number of carbonyl (C=O) groups is 2. The molecule has 2 aliphatic rings. The third-order valence-corrected chi connectivity index (χ3v) is 4.80. The summed E-state index contributed by atoms with van der Waals surface area (Å²) in [6.07, 6.45) is 7.59. The summed E-state index contributed by atoms with van der Waals surface area (Å²) >= 11 is 1.53. The summed E-state index contributed by atoms with van der Waals surface area (Å²) in [5.41, 5.74) is 0.769. The number of piperidine rings is 1. The van der Waals surface area contributed by atoms with E-state index in [0.29, 0.717) is 12.2 Å². The SMILES string of the molecule is O=CC(=O)C1NCS/C1=C\c1ccnc(N2CCCCC2)n1. The van der Waals surface area contributed by atoms with Crippen molar-refractivity contribution < 1.29 is 9.59 Å². The zero-order valence-corrected chi connectivity index (χ0v) is 13.0. The predicted octanol–water partition coefficient (Wildman–Crippen LogP) is 1.24. The van der Waals surface area contributed by atoms with Crippen molar-refractivity contribution in [1.82, 2.24) is 15.3 Å². The molecule has 1 aromatic rings. The highest BCUT2D eigenvalue weighted by Gasteiger charge is 2.27. The van der Waals surface area contributed by atoms with E-state index in [2.05, 4.69) is 20.2 Å². The number of thioether (sulfide) groups is 1. The van der Waals surface area contributed by atoms with Crippen LogP contribution in [-0.4, -0.2) is 47.0 Å². The molecule has 2 saturated heterocycles. The minimum atomic E-state index is -0.532. The summed E-state index contributed by atoms with van der Waals surface area (Å²) in [5, 5.41) is 3.02. The highest BCUT2D eigenvalue weighted by Crippen LogP contribution is 2.28. The van der Waals surface area contributed by atoms with Crippen LogP contribution in [0.1, 0.15) is 25.0 Å². The van der Waals surface area contributed by atoms with Crippen molar-refractivity contribution in [1.29, 1.82) is 0 Å². The van der Waals surface area contributed by atoms with Crippen molar-refractivity contribution in [3.8, 4) is 0 Å². The summed E-state index contributed by atoms with van der Waals surface area (Å²) in [5.74, 6) is 0.921. The fourth-order valence-electron chi connectivity index (χ4n) is 2.66. The molecule has 6 nitrogen and oxygen atoms in total. The van der Waals surface area contributed by atoms with Crippen LogP contribution in [0.5, 0.6) is 0 Å². The van der Waals surface area contributed by atoms with Gasteiger partial charge in [-0.25, -0.2) is 9.97 Å². The molecule has 0 amide bonds. The maximum atomic E-state index is 11.6. The molecule has 1 atom stereocenters. The molecular formula is C15H18N4O2S. The molecule has 0 bridgehead atoms. The molecule has 22 heavy (non-hydrogen) atoms. The molecule has 1 unspecified atom stereocenters. The van der Waals surface area contributed by atoms with E-state index in [0.717, 1.165) is 29.6 Å². The fourth-order valence-corrected chi connectivity index (χ4v) is 3.65. The Morgan fingerprint density at radius 1 is 1.36 bits per heavy atom. The second kappa shape index (κ2) is 7.02. The minimum absolute atomic E-state index is 0.372. The van der Waals surface area contributed by atoms with Crippen LogP contribution in [0.15, 0.2) is 17.2 Å². The van der Waals surface area contributed by atoms with E-state index in [4.69, 9.17) is 0 Å². The van der Waals surface area contributed by atoms with Gasteiger partial charge in [0.2, 0.25) is 11.7 Å². The van der Waals surface area contributed by atoms with Gasteiger partial charge >= 0.3 is 0 Å². The van der Waals surface area contributed by atoms with E-state index in [1.165, 1.54) is 31.0 Å². The van der Waals surface area contributed by atoms with Crippen molar-refractivity contribution in [3.05, 3.63) is 22.9 Å². The van der Waals surface area contributed by atoms with Crippen molar-refractivity contribution in [2.75, 3.05) is 23.9 Å². The summed E-state index contributed by atoms with van der Waals surface area (Å²) < 4.78 is 0. The van der Waals surface area contributed by atoms with Gasteiger partial charge in [0.25, 0.3) is 0 Å². The Kier molecular flexibility index (Phi) is 4.84. The quantitative estimate of drug-likeness (QED) is 0.661. The number of aromatic nitrogens is 2. The lowest BCUT2D eigenvalue weighted by molar-refractivity contribution is -0.130. The lowest BCUT2D eigenvalue weighted by Crippen LogP contribution is -2.32. The van der Waals surface area contributed by atoms with Crippen LogP contribution in [0.2, 0.25) is 0 Å². The molecule has 3 rings (SSSR count). The van der Waals surface area contributed by atoms with Crippen LogP contribution in [0.4, 0.5) is 5.95 Å². The summed E-state index contributed by atoms with van der Waals surface area (Å²) in [4.78, 5) is 34.2. The second-order valence-electron chi connectivity index (χ2n) is 5.32. The molecule has 0 aliphatic carbocycles. The third-order valence-electron chi connectivity index (χ3n) is 3.80. The van der Waals surface area contributed by atoms with Crippen LogP contribution in [-0.2, 0) is 9.59 Å². The monoisotopic (exact) mass is 318 g/mol. The molecule has 3 heterocycles. The standard InChI is InChI=1S/C15H18N4O2S/c20-9-12(21)14-13(22-10-17-14)8-11-4-5-16-15(18-11)19-6-2-1-3-7-19/h4-5,8-9,14,17H,1-3,6-7,10H2/b13-8-. The van der Waals surface area contributed by atoms with E-state index in [1.54, 1.807) is 6.20 Å². The topological polar surface area (TPSA) is 75.2 Å². The normalized spacial score (nSPS) is 23.7. The van der Waals surface area contributed by atoms with Crippen LogP contribution < -0.4 is 10.2 Å². The highest BCUT2D eigenvalue weighted by molar-refractivity contribution is 8.03. The number of hydrogen-bond acceptors (Lipinski definition) is 7. The lowest BCUT2D eigenvalue weighted by Gasteiger charge is -2.26. The molecule has 116 valence electrons. The summed E-state index contributed by atoms with van der Waals surface area (Å²) in [6.45, 7) is 1.98. The van der Waals surface area contributed by atoms with Crippen LogP contribution >= 0.6 is 11.8 Å². The first-order valence-electron chi connectivity index (χ1n) is 7.43. The molecule has 7 heteroatoms. The third kappa shape index (κ3) is 3.36. The van der Waals surface area contributed by atoms with Gasteiger partial charge in [-0.05, 0) is 31.4 Å². The fraction of sp³-hybridized carbons (Fsp3) is 0.467. The Hall–Kier alpha value is -1.73. The largest absolute Gasteiger partial charge is 0.341 e. The van der Waals surface area contributed by atoms with E-state index in [9.17, 15) is 9.59 Å². The number of Topliss-reactive ketones (excluding diaryl/α,β-unsaturated/α-hetero) is 1. The van der Waals surface area contributed by atoms with Gasteiger partial charge in [0.15, 0.2) is 6.29 Å². The molecule has 0 saturated carbocycles. The van der Waals surface area contributed by atoms with Gasteiger partial charge in [-0.3, -0.25) is 14.9 Å². The highest BCUT2D eigenvalue weighted by atomic mass is 32.2. The van der Waals surface area contributed by atoms with Crippen molar-refractivity contribution in [2.45, 2.75) is 25.3 Å². The smallest absolute Gasteiger partial charge is 0.225 e. The van der Waals surface area contributed by atoms with Crippen molar-refractivity contribution >= 4 is 35.9 Å².